The van der Waals surface area contributed by atoms with Gasteiger partial charge in [-0.3, -0.25) is 0 Å². The Labute approximate surface area is 100 Å². The topological polar surface area (TPSA) is 32.3 Å². The second kappa shape index (κ2) is 6.89. The summed E-state index contributed by atoms with van der Waals surface area (Å²) in [7, 11) is 0. The Bertz CT molecular complexity index is 320. The second-order valence-electron chi connectivity index (χ2n) is 3.94. The summed E-state index contributed by atoms with van der Waals surface area (Å²) in [6.45, 7) is 4.12. The summed E-state index contributed by atoms with van der Waals surface area (Å²) in [5.41, 5.74) is 0. The second-order valence-corrected chi connectivity index (χ2v) is 5.00. The third-order valence-electron chi connectivity index (χ3n) is 2.07. The molecule has 0 aliphatic carbocycles. The van der Waals surface area contributed by atoms with Gasteiger partial charge in [0.05, 0.1) is 6.61 Å². The minimum atomic E-state index is -0.200. The average Bonchev–Trinajstić information content (AvgIpc) is 2.25. The molecule has 4 heteroatoms. The summed E-state index contributed by atoms with van der Waals surface area (Å²) in [5.74, 6) is 0.462. The molecule has 0 aromatic heterocycles. The summed E-state index contributed by atoms with van der Waals surface area (Å²) in [4.78, 5) is 0.631. The molecule has 0 bridgehead atoms. The van der Waals surface area contributed by atoms with Gasteiger partial charge in [0.25, 0.3) is 0 Å². The lowest BCUT2D eigenvalue weighted by molar-refractivity contribution is 0.247. The number of aliphatic hydroxyl groups is 1. The molecule has 1 rings (SSSR count). The highest BCUT2D eigenvalue weighted by atomic mass is 32.2. The van der Waals surface area contributed by atoms with Gasteiger partial charge in [0.2, 0.25) is 0 Å². The van der Waals surface area contributed by atoms with Gasteiger partial charge >= 0.3 is 0 Å². The van der Waals surface area contributed by atoms with Gasteiger partial charge < -0.3 is 10.4 Å². The first-order chi connectivity index (χ1) is 7.63. The van der Waals surface area contributed by atoms with Crippen molar-refractivity contribution in [3.05, 3.63) is 30.1 Å². The molecule has 2 nitrogen and oxygen atoms in total. The van der Waals surface area contributed by atoms with Gasteiger partial charge in [-0.25, -0.2) is 4.39 Å². The predicted octanol–water partition coefficient (Wildman–Crippen LogP) is 2.28. The van der Waals surface area contributed by atoms with Crippen LogP contribution in [0, 0.1) is 5.82 Å². The van der Waals surface area contributed by atoms with Crippen LogP contribution in [0.1, 0.15) is 13.8 Å². The Morgan fingerprint density at radius 3 is 2.62 bits per heavy atom. The van der Waals surface area contributed by atoms with Crippen LogP contribution >= 0.6 is 11.8 Å². The standard InChI is InChI=1S/C12H18FNOS/c1-9(2)14-10(7-15)8-16-12-6-4-3-5-11(12)13/h3-6,9-10,14-15H,7-8H2,1-2H3. The molecular weight excluding hydrogens is 225 g/mol. The number of benzene rings is 1. The van der Waals surface area contributed by atoms with Crippen molar-refractivity contribution in [2.45, 2.75) is 30.8 Å². The highest BCUT2D eigenvalue weighted by molar-refractivity contribution is 7.99. The van der Waals surface area contributed by atoms with Crippen molar-refractivity contribution in [2.24, 2.45) is 0 Å². The third-order valence-corrected chi connectivity index (χ3v) is 3.28. The van der Waals surface area contributed by atoms with Crippen molar-refractivity contribution in [3.63, 3.8) is 0 Å². The van der Waals surface area contributed by atoms with E-state index in [1.165, 1.54) is 17.8 Å². The predicted molar refractivity (Wildman–Crippen MR) is 66.3 cm³/mol. The fourth-order valence-corrected chi connectivity index (χ4v) is 2.34. The molecule has 0 saturated heterocycles. The van der Waals surface area contributed by atoms with Crippen LogP contribution in [0.25, 0.3) is 0 Å². The van der Waals surface area contributed by atoms with Crippen LogP contribution in [0.15, 0.2) is 29.2 Å². The Morgan fingerprint density at radius 2 is 2.06 bits per heavy atom. The SMILES string of the molecule is CC(C)NC(CO)CSc1ccccc1F. The molecule has 1 aromatic carbocycles. The average molecular weight is 243 g/mol. The van der Waals surface area contributed by atoms with Crippen LogP contribution in [0.2, 0.25) is 0 Å². The molecule has 0 aliphatic rings. The molecule has 2 N–H and O–H groups in total. The van der Waals surface area contributed by atoms with Gasteiger partial charge in [0.1, 0.15) is 5.82 Å². The first-order valence-electron chi connectivity index (χ1n) is 5.37. The maximum absolute atomic E-state index is 13.3. The van der Waals surface area contributed by atoms with E-state index in [1.807, 2.05) is 19.9 Å². The quantitative estimate of drug-likeness (QED) is 0.752. The van der Waals surface area contributed by atoms with Crippen LogP contribution in [0.3, 0.4) is 0 Å². The van der Waals surface area contributed by atoms with Gasteiger partial charge in [-0.15, -0.1) is 11.8 Å². The van der Waals surface area contributed by atoms with Crippen LogP contribution in [-0.2, 0) is 0 Å². The van der Waals surface area contributed by atoms with E-state index in [1.54, 1.807) is 12.1 Å². The van der Waals surface area contributed by atoms with Crippen LogP contribution in [-0.4, -0.2) is 29.5 Å². The monoisotopic (exact) mass is 243 g/mol. The summed E-state index contributed by atoms with van der Waals surface area (Å²) >= 11 is 1.42. The zero-order valence-corrected chi connectivity index (χ0v) is 10.4. The zero-order chi connectivity index (χ0) is 12.0. The van der Waals surface area contributed by atoms with Gasteiger partial charge in [-0.05, 0) is 12.1 Å². The molecule has 0 heterocycles. The molecule has 0 radical (unpaired) electrons. The van der Waals surface area contributed by atoms with E-state index in [9.17, 15) is 4.39 Å². The number of halogens is 1. The smallest absolute Gasteiger partial charge is 0.136 e. The lowest BCUT2D eigenvalue weighted by Gasteiger charge is -2.18. The molecular formula is C12H18FNOS. The van der Waals surface area contributed by atoms with Crippen molar-refractivity contribution < 1.29 is 9.50 Å². The van der Waals surface area contributed by atoms with Gasteiger partial charge in [0, 0.05) is 22.7 Å². The molecule has 90 valence electrons. The Kier molecular flexibility index (Phi) is 5.80. The summed E-state index contributed by atoms with van der Waals surface area (Å²) < 4.78 is 13.3. The van der Waals surface area contributed by atoms with Crippen LogP contribution in [0.4, 0.5) is 4.39 Å². The fourth-order valence-electron chi connectivity index (χ4n) is 1.38. The summed E-state index contributed by atoms with van der Waals surface area (Å²) in [5, 5.41) is 12.4. The van der Waals surface area contributed by atoms with E-state index in [2.05, 4.69) is 5.32 Å². The summed E-state index contributed by atoms with van der Waals surface area (Å²) in [6.07, 6.45) is 0. The Morgan fingerprint density at radius 1 is 1.38 bits per heavy atom. The lowest BCUT2D eigenvalue weighted by Crippen LogP contribution is -2.39. The lowest BCUT2D eigenvalue weighted by atomic mass is 10.3. The van der Waals surface area contributed by atoms with Crippen molar-refractivity contribution in [1.29, 1.82) is 0 Å². The van der Waals surface area contributed by atoms with Crippen molar-refractivity contribution >= 4 is 11.8 Å². The maximum atomic E-state index is 13.3. The van der Waals surface area contributed by atoms with E-state index in [-0.39, 0.29) is 18.5 Å². The van der Waals surface area contributed by atoms with E-state index in [0.717, 1.165) is 0 Å². The van der Waals surface area contributed by atoms with Crippen molar-refractivity contribution in [2.75, 3.05) is 12.4 Å². The van der Waals surface area contributed by atoms with Gasteiger partial charge in [-0.1, -0.05) is 26.0 Å². The van der Waals surface area contributed by atoms with Crippen molar-refractivity contribution in [3.8, 4) is 0 Å². The van der Waals surface area contributed by atoms with E-state index in [4.69, 9.17) is 5.11 Å². The first kappa shape index (κ1) is 13.5. The molecule has 1 atom stereocenters. The number of hydrogen-bond donors (Lipinski definition) is 2. The maximum Gasteiger partial charge on any atom is 0.136 e. The van der Waals surface area contributed by atoms with E-state index >= 15 is 0 Å². The van der Waals surface area contributed by atoms with Gasteiger partial charge in [-0.2, -0.15) is 0 Å². The molecule has 0 aliphatic heterocycles. The molecule has 1 unspecified atom stereocenters. The van der Waals surface area contributed by atoms with Gasteiger partial charge in [0.15, 0.2) is 0 Å². The summed E-state index contributed by atoms with van der Waals surface area (Å²) in [6, 6.07) is 7.02. The molecule has 0 amide bonds. The first-order valence-corrected chi connectivity index (χ1v) is 6.36. The minimum Gasteiger partial charge on any atom is -0.395 e. The molecule has 16 heavy (non-hydrogen) atoms. The zero-order valence-electron chi connectivity index (χ0n) is 9.61. The van der Waals surface area contributed by atoms with Crippen LogP contribution in [0.5, 0.6) is 0 Å². The normalized spacial score (nSPS) is 13.1. The Hall–Kier alpha value is -0.580. The van der Waals surface area contributed by atoms with Crippen LogP contribution < -0.4 is 5.32 Å². The Balaban J connectivity index is 2.46. The number of thioether (sulfide) groups is 1. The number of hydrogen-bond acceptors (Lipinski definition) is 3. The number of nitrogens with one attached hydrogen (secondary N) is 1. The van der Waals surface area contributed by atoms with Crippen molar-refractivity contribution in [1.82, 2.24) is 5.32 Å². The third kappa shape index (κ3) is 4.51. The number of aliphatic hydroxyl groups excluding tert-OH is 1. The van der Waals surface area contributed by atoms with E-state index < -0.39 is 0 Å². The highest BCUT2D eigenvalue weighted by Gasteiger charge is 2.10. The highest BCUT2D eigenvalue weighted by Crippen LogP contribution is 2.21. The number of rotatable bonds is 6. The molecule has 0 spiro atoms. The van der Waals surface area contributed by atoms with E-state index in [0.29, 0.717) is 16.7 Å². The fraction of sp³-hybridized carbons (Fsp3) is 0.500. The molecule has 0 saturated carbocycles. The molecule has 0 fully saturated rings. The minimum absolute atomic E-state index is 0.00426. The largest absolute Gasteiger partial charge is 0.395 e. The molecule has 1 aromatic rings.